The van der Waals surface area contributed by atoms with Crippen LogP contribution < -0.4 is 10.6 Å². The van der Waals surface area contributed by atoms with Crippen molar-refractivity contribution < 1.29 is 18.0 Å². The lowest BCUT2D eigenvalue weighted by molar-refractivity contribution is -0.118. The van der Waals surface area contributed by atoms with Gasteiger partial charge in [-0.15, -0.1) is 11.8 Å². The van der Waals surface area contributed by atoms with E-state index in [1.807, 2.05) is 32.9 Å². The van der Waals surface area contributed by atoms with Crippen molar-refractivity contribution in [2.24, 2.45) is 5.92 Å². The number of nitrogens with one attached hydrogen (secondary N) is 2. The van der Waals surface area contributed by atoms with Crippen LogP contribution in [-0.4, -0.2) is 31.7 Å². The Morgan fingerprint density at radius 1 is 1.17 bits per heavy atom. The Bertz CT molecular complexity index is 1060. The number of carbonyl (C=O) groups excluding carboxylic acids is 2. The maximum Gasteiger partial charge on any atom is 0.228 e. The van der Waals surface area contributed by atoms with Gasteiger partial charge >= 0.3 is 0 Å². The standard InChI is InChI=1S/C21H24N2O4S2/c1-13-4-5-16(10-14(13)2)22-20(24)8-9-29(26,27)17-6-7-19-18(11-17)23-21(25)15(3)12-28-19/h4-7,10-11,15H,8-9,12H2,1-3H3,(H,22,24)(H,23,25)/t15-/m1/s1. The number of rotatable bonds is 5. The van der Waals surface area contributed by atoms with Crippen molar-refractivity contribution in [3.63, 3.8) is 0 Å². The van der Waals surface area contributed by atoms with Crippen LogP contribution in [-0.2, 0) is 19.4 Å². The van der Waals surface area contributed by atoms with Crippen molar-refractivity contribution in [2.75, 3.05) is 22.1 Å². The smallest absolute Gasteiger partial charge is 0.228 e. The lowest BCUT2D eigenvalue weighted by Crippen LogP contribution is -2.20. The number of amides is 2. The molecule has 154 valence electrons. The van der Waals surface area contributed by atoms with E-state index in [-0.39, 0.29) is 34.8 Å². The summed E-state index contributed by atoms with van der Waals surface area (Å²) in [4.78, 5) is 25.2. The summed E-state index contributed by atoms with van der Waals surface area (Å²) in [7, 11) is -3.66. The van der Waals surface area contributed by atoms with Crippen LogP contribution in [0.5, 0.6) is 0 Å². The van der Waals surface area contributed by atoms with Gasteiger partial charge in [0.25, 0.3) is 0 Å². The molecular weight excluding hydrogens is 408 g/mol. The highest BCUT2D eigenvalue weighted by Crippen LogP contribution is 2.34. The van der Waals surface area contributed by atoms with Gasteiger partial charge in [0, 0.05) is 28.7 Å². The minimum atomic E-state index is -3.66. The summed E-state index contributed by atoms with van der Waals surface area (Å²) in [6, 6.07) is 10.3. The van der Waals surface area contributed by atoms with E-state index < -0.39 is 9.84 Å². The average Bonchev–Trinajstić information content (AvgIpc) is 2.81. The van der Waals surface area contributed by atoms with Gasteiger partial charge in [-0.05, 0) is 55.3 Å². The number of aryl methyl sites for hydroxylation is 2. The SMILES string of the molecule is Cc1ccc(NC(=O)CCS(=O)(=O)c2ccc3c(c2)NC(=O)[C@H](C)CS3)cc1C. The van der Waals surface area contributed by atoms with Gasteiger partial charge in [0.05, 0.1) is 16.3 Å². The molecule has 0 aromatic heterocycles. The summed E-state index contributed by atoms with van der Waals surface area (Å²) in [5, 5.41) is 5.53. The molecule has 1 atom stereocenters. The molecule has 3 rings (SSSR count). The van der Waals surface area contributed by atoms with E-state index in [9.17, 15) is 18.0 Å². The summed E-state index contributed by atoms with van der Waals surface area (Å²) in [5.41, 5.74) is 3.32. The minimum Gasteiger partial charge on any atom is -0.326 e. The zero-order valence-corrected chi connectivity index (χ0v) is 18.2. The highest BCUT2D eigenvalue weighted by Gasteiger charge is 2.23. The van der Waals surface area contributed by atoms with Crippen molar-refractivity contribution in [2.45, 2.75) is 37.0 Å². The summed E-state index contributed by atoms with van der Waals surface area (Å²) in [6.45, 7) is 5.77. The summed E-state index contributed by atoms with van der Waals surface area (Å²) < 4.78 is 25.4. The molecule has 1 aliphatic heterocycles. The highest BCUT2D eigenvalue weighted by molar-refractivity contribution is 7.99. The third-order valence-electron chi connectivity index (χ3n) is 4.89. The van der Waals surface area contributed by atoms with Crippen LogP contribution in [0.4, 0.5) is 11.4 Å². The van der Waals surface area contributed by atoms with Gasteiger partial charge < -0.3 is 10.6 Å². The molecule has 0 unspecified atom stereocenters. The second-order valence-corrected chi connectivity index (χ2v) is 10.4. The Balaban J connectivity index is 1.68. The number of carbonyl (C=O) groups is 2. The van der Waals surface area contributed by atoms with Crippen molar-refractivity contribution in [3.8, 4) is 0 Å². The fraction of sp³-hybridized carbons (Fsp3) is 0.333. The van der Waals surface area contributed by atoms with Crippen molar-refractivity contribution >= 4 is 44.8 Å². The Kier molecular flexibility index (Phi) is 6.33. The number of thioether (sulfide) groups is 1. The molecule has 0 bridgehead atoms. The number of hydrogen-bond donors (Lipinski definition) is 2. The van der Waals surface area contributed by atoms with E-state index >= 15 is 0 Å². The molecule has 6 nitrogen and oxygen atoms in total. The Labute approximate surface area is 175 Å². The summed E-state index contributed by atoms with van der Waals surface area (Å²) in [6.07, 6.45) is -0.148. The fourth-order valence-electron chi connectivity index (χ4n) is 2.86. The average molecular weight is 433 g/mol. The lowest BCUT2D eigenvalue weighted by Gasteiger charge is -2.11. The monoisotopic (exact) mass is 432 g/mol. The first kappa shape index (κ1) is 21.4. The van der Waals surface area contributed by atoms with E-state index in [2.05, 4.69) is 10.6 Å². The van der Waals surface area contributed by atoms with Crippen LogP contribution in [0.1, 0.15) is 24.5 Å². The zero-order chi connectivity index (χ0) is 21.2. The molecule has 29 heavy (non-hydrogen) atoms. The molecular formula is C21H24N2O4S2. The molecule has 1 aliphatic rings. The van der Waals surface area contributed by atoms with E-state index in [0.717, 1.165) is 16.0 Å². The Morgan fingerprint density at radius 2 is 1.93 bits per heavy atom. The topological polar surface area (TPSA) is 92.3 Å². The molecule has 8 heteroatoms. The van der Waals surface area contributed by atoms with E-state index in [1.54, 1.807) is 12.1 Å². The van der Waals surface area contributed by atoms with Gasteiger partial charge in [-0.25, -0.2) is 8.42 Å². The summed E-state index contributed by atoms with van der Waals surface area (Å²) >= 11 is 1.52. The van der Waals surface area contributed by atoms with Gasteiger partial charge in [-0.3, -0.25) is 9.59 Å². The number of benzene rings is 2. The van der Waals surface area contributed by atoms with Crippen LogP contribution in [0.3, 0.4) is 0 Å². The molecule has 2 aromatic carbocycles. The molecule has 2 aromatic rings. The third-order valence-corrected chi connectivity index (χ3v) is 7.94. The maximum absolute atomic E-state index is 12.7. The van der Waals surface area contributed by atoms with Gasteiger partial charge in [0.15, 0.2) is 9.84 Å². The molecule has 2 N–H and O–H groups in total. The molecule has 0 saturated carbocycles. The number of sulfone groups is 1. The number of fused-ring (bicyclic) bond motifs is 1. The van der Waals surface area contributed by atoms with Crippen LogP contribution in [0, 0.1) is 19.8 Å². The molecule has 1 heterocycles. The first-order valence-electron chi connectivity index (χ1n) is 9.33. The second kappa shape index (κ2) is 8.59. The van der Waals surface area contributed by atoms with Crippen molar-refractivity contribution in [3.05, 3.63) is 47.5 Å². The van der Waals surface area contributed by atoms with Crippen LogP contribution in [0.15, 0.2) is 46.2 Å². The quantitative estimate of drug-likeness (QED) is 0.750. The van der Waals surface area contributed by atoms with Crippen molar-refractivity contribution in [1.82, 2.24) is 0 Å². The van der Waals surface area contributed by atoms with Gasteiger partial charge in [-0.2, -0.15) is 0 Å². The summed E-state index contributed by atoms with van der Waals surface area (Å²) in [5.74, 6) is -0.298. The Morgan fingerprint density at radius 3 is 2.66 bits per heavy atom. The van der Waals surface area contributed by atoms with E-state index in [4.69, 9.17) is 0 Å². The minimum absolute atomic E-state index is 0.102. The number of anilines is 2. The van der Waals surface area contributed by atoms with Crippen LogP contribution in [0.25, 0.3) is 0 Å². The normalized spacial score (nSPS) is 16.5. The van der Waals surface area contributed by atoms with Gasteiger partial charge in [-0.1, -0.05) is 13.0 Å². The van der Waals surface area contributed by atoms with Crippen LogP contribution in [0.2, 0.25) is 0 Å². The lowest BCUT2D eigenvalue weighted by atomic mass is 10.1. The highest BCUT2D eigenvalue weighted by atomic mass is 32.2. The second-order valence-electron chi connectivity index (χ2n) is 7.28. The first-order chi connectivity index (χ1) is 13.7. The molecule has 0 saturated heterocycles. The van der Waals surface area contributed by atoms with E-state index in [0.29, 0.717) is 17.1 Å². The van der Waals surface area contributed by atoms with Gasteiger partial charge in [0.1, 0.15) is 0 Å². The molecule has 0 fully saturated rings. The molecule has 0 aliphatic carbocycles. The molecule has 0 radical (unpaired) electrons. The molecule has 2 amide bonds. The fourth-order valence-corrected chi connectivity index (χ4v) is 5.13. The largest absolute Gasteiger partial charge is 0.326 e. The predicted molar refractivity (Wildman–Crippen MR) is 116 cm³/mol. The van der Waals surface area contributed by atoms with Gasteiger partial charge in [0.2, 0.25) is 11.8 Å². The van der Waals surface area contributed by atoms with E-state index in [1.165, 1.54) is 23.9 Å². The van der Waals surface area contributed by atoms with Crippen LogP contribution >= 0.6 is 11.8 Å². The molecule has 0 spiro atoms. The Hall–Kier alpha value is -2.32. The first-order valence-corrected chi connectivity index (χ1v) is 12.0. The predicted octanol–water partition coefficient (Wildman–Crippen LogP) is 3.79. The zero-order valence-electron chi connectivity index (χ0n) is 16.6. The third kappa shape index (κ3) is 5.19. The number of hydrogen-bond acceptors (Lipinski definition) is 5. The van der Waals surface area contributed by atoms with Crippen molar-refractivity contribution in [1.29, 1.82) is 0 Å². The maximum atomic E-state index is 12.7.